The summed E-state index contributed by atoms with van der Waals surface area (Å²) >= 11 is 0. The predicted molar refractivity (Wildman–Crippen MR) is 84.2 cm³/mol. The first kappa shape index (κ1) is 17.0. The fourth-order valence-corrected chi connectivity index (χ4v) is 2.84. The van der Waals surface area contributed by atoms with Gasteiger partial charge in [0, 0.05) is 5.54 Å². The summed E-state index contributed by atoms with van der Waals surface area (Å²) in [5.41, 5.74) is 0.668. The fraction of sp³-hybridized carbons (Fsp3) is 0.647. The van der Waals surface area contributed by atoms with Crippen molar-refractivity contribution < 1.29 is 9.84 Å². The van der Waals surface area contributed by atoms with E-state index in [1.807, 2.05) is 31.2 Å². The van der Waals surface area contributed by atoms with E-state index in [-0.39, 0.29) is 5.54 Å². The fourth-order valence-electron chi connectivity index (χ4n) is 2.84. The number of nitrogens with zero attached hydrogens (tertiary/aromatic N) is 1. The van der Waals surface area contributed by atoms with Crippen LogP contribution in [0.1, 0.15) is 52.7 Å². The standard InChI is InChI=1S/C17H29NO2/c1-6-17(5,18(7-2)8-3)16(19)14-11-10-12-15(13-14)20-9-4/h10-13,16,19H,6-9H2,1-5H3. The van der Waals surface area contributed by atoms with Gasteiger partial charge in [0.25, 0.3) is 0 Å². The Bertz CT molecular complexity index is 404. The number of benzene rings is 1. The number of hydrogen-bond acceptors (Lipinski definition) is 3. The molecule has 20 heavy (non-hydrogen) atoms. The smallest absolute Gasteiger partial charge is 0.119 e. The Balaban J connectivity index is 3.06. The van der Waals surface area contributed by atoms with Gasteiger partial charge < -0.3 is 9.84 Å². The molecule has 0 radical (unpaired) electrons. The number of hydrogen-bond donors (Lipinski definition) is 1. The van der Waals surface area contributed by atoms with Crippen LogP contribution in [-0.2, 0) is 0 Å². The van der Waals surface area contributed by atoms with E-state index in [0.29, 0.717) is 6.61 Å². The molecule has 2 atom stereocenters. The molecule has 3 nitrogen and oxygen atoms in total. The van der Waals surface area contributed by atoms with Crippen molar-refractivity contribution in [3.8, 4) is 5.75 Å². The molecule has 0 aliphatic carbocycles. The Morgan fingerprint density at radius 2 is 1.85 bits per heavy atom. The molecule has 0 saturated heterocycles. The normalized spacial score (nSPS) is 15.9. The highest BCUT2D eigenvalue weighted by Crippen LogP contribution is 2.35. The Morgan fingerprint density at radius 3 is 2.35 bits per heavy atom. The molecule has 3 heteroatoms. The van der Waals surface area contributed by atoms with Gasteiger partial charge in [0.2, 0.25) is 0 Å². The second kappa shape index (κ2) is 7.65. The number of ether oxygens (including phenoxy) is 1. The summed E-state index contributed by atoms with van der Waals surface area (Å²) in [6.07, 6.45) is 0.377. The summed E-state index contributed by atoms with van der Waals surface area (Å²) in [5, 5.41) is 10.9. The van der Waals surface area contributed by atoms with Crippen LogP contribution in [0, 0.1) is 0 Å². The third kappa shape index (κ3) is 3.53. The van der Waals surface area contributed by atoms with Crippen molar-refractivity contribution >= 4 is 0 Å². The maximum absolute atomic E-state index is 10.9. The van der Waals surface area contributed by atoms with Gasteiger partial charge in [-0.2, -0.15) is 0 Å². The van der Waals surface area contributed by atoms with Crippen LogP contribution in [0.2, 0.25) is 0 Å². The maximum Gasteiger partial charge on any atom is 0.119 e. The van der Waals surface area contributed by atoms with Crippen molar-refractivity contribution in [1.29, 1.82) is 0 Å². The van der Waals surface area contributed by atoms with Crippen molar-refractivity contribution in [2.24, 2.45) is 0 Å². The van der Waals surface area contributed by atoms with Crippen LogP contribution in [0.4, 0.5) is 0 Å². The lowest BCUT2D eigenvalue weighted by molar-refractivity contribution is -0.0214. The largest absolute Gasteiger partial charge is 0.494 e. The van der Waals surface area contributed by atoms with Gasteiger partial charge in [0.15, 0.2) is 0 Å². The van der Waals surface area contributed by atoms with Crippen LogP contribution in [0.15, 0.2) is 24.3 Å². The predicted octanol–water partition coefficient (Wildman–Crippen LogP) is 3.63. The molecular weight excluding hydrogens is 250 g/mol. The van der Waals surface area contributed by atoms with E-state index in [9.17, 15) is 5.11 Å². The molecule has 0 aromatic heterocycles. The molecule has 0 aliphatic heterocycles. The first-order chi connectivity index (χ1) is 9.53. The van der Waals surface area contributed by atoms with E-state index in [4.69, 9.17) is 4.74 Å². The lowest BCUT2D eigenvalue weighted by Gasteiger charge is -2.43. The molecule has 0 heterocycles. The minimum atomic E-state index is -0.521. The molecule has 0 spiro atoms. The average molecular weight is 279 g/mol. The van der Waals surface area contributed by atoms with Crippen LogP contribution in [-0.4, -0.2) is 35.2 Å². The molecule has 114 valence electrons. The van der Waals surface area contributed by atoms with Gasteiger partial charge >= 0.3 is 0 Å². The minimum Gasteiger partial charge on any atom is -0.494 e. The van der Waals surface area contributed by atoms with E-state index < -0.39 is 6.10 Å². The third-order valence-corrected chi connectivity index (χ3v) is 4.28. The molecule has 1 aromatic rings. The van der Waals surface area contributed by atoms with E-state index in [1.165, 1.54) is 0 Å². The molecule has 0 aliphatic rings. The lowest BCUT2D eigenvalue weighted by atomic mass is 9.85. The number of rotatable bonds is 8. The zero-order chi connectivity index (χ0) is 15.2. The molecule has 0 fully saturated rings. The quantitative estimate of drug-likeness (QED) is 0.788. The van der Waals surface area contributed by atoms with Gasteiger partial charge in [-0.05, 0) is 51.1 Å². The van der Waals surface area contributed by atoms with Gasteiger partial charge in [0.1, 0.15) is 5.75 Å². The summed E-state index contributed by atoms with van der Waals surface area (Å²) in [5.74, 6) is 0.821. The summed E-state index contributed by atoms with van der Waals surface area (Å²) in [6.45, 7) is 13.0. The molecule has 0 amide bonds. The van der Waals surface area contributed by atoms with Crippen LogP contribution in [0.3, 0.4) is 0 Å². The lowest BCUT2D eigenvalue weighted by Crippen LogP contribution is -2.50. The van der Waals surface area contributed by atoms with Gasteiger partial charge in [0.05, 0.1) is 12.7 Å². The second-order valence-corrected chi connectivity index (χ2v) is 5.29. The van der Waals surface area contributed by atoms with Crippen molar-refractivity contribution in [1.82, 2.24) is 4.90 Å². The first-order valence-electron chi connectivity index (χ1n) is 7.69. The van der Waals surface area contributed by atoms with Crippen molar-refractivity contribution in [2.45, 2.75) is 52.7 Å². The third-order valence-electron chi connectivity index (χ3n) is 4.28. The molecular formula is C17H29NO2. The zero-order valence-corrected chi connectivity index (χ0v) is 13.5. The number of aliphatic hydroxyl groups excluding tert-OH is 1. The van der Waals surface area contributed by atoms with Crippen molar-refractivity contribution in [3.63, 3.8) is 0 Å². The Hall–Kier alpha value is -1.06. The highest BCUT2D eigenvalue weighted by atomic mass is 16.5. The van der Waals surface area contributed by atoms with Crippen molar-refractivity contribution in [2.75, 3.05) is 19.7 Å². The Morgan fingerprint density at radius 1 is 1.20 bits per heavy atom. The van der Waals surface area contributed by atoms with Gasteiger partial charge in [-0.3, -0.25) is 4.90 Å². The first-order valence-corrected chi connectivity index (χ1v) is 7.69. The SMILES string of the molecule is CCOc1cccc(C(O)C(C)(CC)N(CC)CC)c1. The molecule has 0 bridgehead atoms. The molecule has 1 rings (SSSR count). The molecule has 2 unspecified atom stereocenters. The van der Waals surface area contributed by atoms with Crippen LogP contribution < -0.4 is 4.74 Å². The maximum atomic E-state index is 10.9. The summed E-state index contributed by atoms with van der Waals surface area (Å²) in [7, 11) is 0. The summed E-state index contributed by atoms with van der Waals surface area (Å²) in [6, 6.07) is 7.80. The Labute approximate surface area is 123 Å². The summed E-state index contributed by atoms with van der Waals surface area (Å²) in [4.78, 5) is 2.32. The van der Waals surface area contributed by atoms with Crippen LogP contribution in [0.5, 0.6) is 5.75 Å². The van der Waals surface area contributed by atoms with E-state index >= 15 is 0 Å². The van der Waals surface area contributed by atoms with Gasteiger partial charge in [-0.15, -0.1) is 0 Å². The van der Waals surface area contributed by atoms with E-state index in [0.717, 1.165) is 30.8 Å². The minimum absolute atomic E-state index is 0.256. The topological polar surface area (TPSA) is 32.7 Å². The number of likely N-dealkylation sites (N-methyl/N-ethyl adjacent to an activating group) is 1. The molecule has 0 saturated carbocycles. The van der Waals surface area contributed by atoms with Crippen LogP contribution in [0.25, 0.3) is 0 Å². The van der Waals surface area contributed by atoms with Crippen molar-refractivity contribution in [3.05, 3.63) is 29.8 Å². The average Bonchev–Trinajstić information content (AvgIpc) is 2.48. The van der Waals surface area contributed by atoms with E-state index in [1.54, 1.807) is 0 Å². The zero-order valence-electron chi connectivity index (χ0n) is 13.5. The molecule has 1 N–H and O–H groups in total. The highest BCUT2D eigenvalue weighted by Gasteiger charge is 2.36. The van der Waals surface area contributed by atoms with E-state index in [2.05, 4.69) is 32.6 Å². The molecule has 1 aromatic carbocycles. The van der Waals surface area contributed by atoms with Gasteiger partial charge in [-0.25, -0.2) is 0 Å². The summed E-state index contributed by atoms with van der Waals surface area (Å²) < 4.78 is 5.53. The van der Waals surface area contributed by atoms with Gasteiger partial charge in [-0.1, -0.05) is 32.9 Å². The highest BCUT2D eigenvalue weighted by molar-refractivity contribution is 5.31. The number of aliphatic hydroxyl groups is 1. The monoisotopic (exact) mass is 279 g/mol. The van der Waals surface area contributed by atoms with Crippen LogP contribution >= 0.6 is 0 Å². The second-order valence-electron chi connectivity index (χ2n) is 5.29. The Kier molecular flexibility index (Phi) is 6.50.